The molecule has 2 rings (SSSR count). The minimum atomic E-state index is -3.90. The third-order valence-electron chi connectivity index (χ3n) is 3.23. The first kappa shape index (κ1) is 16.3. The van der Waals surface area contributed by atoms with Gasteiger partial charge in [-0.25, -0.2) is 22.5 Å². The van der Waals surface area contributed by atoms with E-state index in [0.717, 1.165) is 32.0 Å². The monoisotopic (exact) mass is 317 g/mol. The van der Waals surface area contributed by atoms with Gasteiger partial charge in [-0.1, -0.05) is 0 Å². The molecule has 1 saturated heterocycles. The van der Waals surface area contributed by atoms with Crippen molar-refractivity contribution in [2.45, 2.75) is 30.4 Å². The summed E-state index contributed by atoms with van der Waals surface area (Å²) in [6.07, 6.45) is 3.99. The van der Waals surface area contributed by atoms with Crippen LogP contribution in [0.3, 0.4) is 0 Å². The topological polar surface area (TPSA) is 80.3 Å². The first-order valence-electron chi connectivity index (χ1n) is 7.02. The standard InChI is InChI=1S/C13H20FN3O3S/c14-12-3-1-6-16-13(12)21(18,19)17-7-2-10-20-11-4-8-15-9-5-11/h1,3,6,11,15,17H,2,4-5,7-10H2. The second-order valence-corrected chi connectivity index (χ2v) is 6.54. The predicted molar refractivity (Wildman–Crippen MR) is 75.8 cm³/mol. The van der Waals surface area contributed by atoms with Crippen LogP contribution in [0.5, 0.6) is 0 Å². The summed E-state index contributed by atoms with van der Waals surface area (Å²) in [5, 5.41) is 2.68. The van der Waals surface area contributed by atoms with Crippen LogP contribution in [0.25, 0.3) is 0 Å². The van der Waals surface area contributed by atoms with E-state index in [1.54, 1.807) is 0 Å². The largest absolute Gasteiger partial charge is 0.378 e. The number of pyridine rings is 1. The first-order valence-corrected chi connectivity index (χ1v) is 8.50. The number of piperidine rings is 1. The number of nitrogens with one attached hydrogen (secondary N) is 2. The van der Waals surface area contributed by atoms with E-state index in [1.165, 1.54) is 12.3 Å². The highest BCUT2D eigenvalue weighted by molar-refractivity contribution is 7.89. The van der Waals surface area contributed by atoms with Gasteiger partial charge in [-0.05, 0) is 44.5 Å². The SMILES string of the molecule is O=S(=O)(NCCCOC1CCNCC1)c1ncccc1F. The number of aromatic nitrogens is 1. The summed E-state index contributed by atoms with van der Waals surface area (Å²) in [5.41, 5.74) is 0. The summed E-state index contributed by atoms with van der Waals surface area (Å²) < 4.78 is 45.1. The van der Waals surface area contributed by atoms with Crippen molar-refractivity contribution in [3.05, 3.63) is 24.1 Å². The molecule has 0 saturated carbocycles. The maximum absolute atomic E-state index is 13.4. The molecule has 118 valence electrons. The van der Waals surface area contributed by atoms with Crippen LogP contribution in [0.4, 0.5) is 4.39 Å². The van der Waals surface area contributed by atoms with Crippen LogP contribution in [0, 0.1) is 5.82 Å². The highest BCUT2D eigenvalue weighted by Crippen LogP contribution is 2.10. The molecule has 0 spiro atoms. The fraction of sp³-hybridized carbons (Fsp3) is 0.615. The summed E-state index contributed by atoms with van der Waals surface area (Å²) in [5.74, 6) is -0.851. The van der Waals surface area contributed by atoms with Crippen LogP contribution in [-0.2, 0) is 14.8 Å². The molecule has 1 aromatic heterocycles. The molecule has 2 heterocycles. The number of hydrogen-bond acceptors (Lipinski definition) is 5. The van der Waals surface area contributed by atoms with Crippen molar-refractivity contribution in [3.63, 3.8) is 0 Å². The summed E-state index contributed by atoms with van der Waals surface area (Å²) in [6.45, 7) is 2.59. The van der Waals surface area contributed by atoms with E-state index >= 15 is 0 Å². The van der Waals surface area contributed by atoms with Crippen molar-refractivity contribution in [2.24, 2.45) is 0 Å². The molecule has 0 atom stereocenters. The summed E-state index contributed by atoms with van der Waals surface area (Å²) in [7, 11) is -3.90. The lowest BCUT2D eigenvalue weighted by Gasteiger charge is -2.22. The molecule has 1 aliphatic heterocycles. The van der Waals surface area contributed by atoms with E-state index in [4.69, 9.17) is 4.74 Å². The van der Waals surface area contributed by atoms with Crippen LogP contribution in [0.2, 0.25) is 0 Å². The second kappa shape index (κ2) is 7.79. The molecule has 0 radical (unpaired) electrons. The Kier molecular flexibility index (Phi) is 6.04. The van der Waals surface area contributed by atoms with Gasteiger partial charge in [0, 0.05) is 19.3 Å². The van der Waals surface area contributed by atoms with Crippen LogP contribution < -0.4 is 10.0 Å². The summed E-state index contributed by atoms with van der Waals surface area (Å²) in [6, 6.07) is 2.42. The van der Waals surface area contributed by atoms with Gasteiger partial charge in [0.05, 0.1) is 6.10 Å². The quantitative estimate of drug-likeness (QED) is 0.722. The van der Waals surface area contributed by atoms with Gasteiger partial charge < -0.3 is 10.1 Å². The molecule has 0 amide bonds. The van der Waals surface area contributed by atoms with Crippen molar-refractivity contribution in [1.82, 2.24) is 15.0 Å². The Morgan fingerprint density at radius 3 is 2.90 bits per heavy atom. The third kappa shape index (κ3) is 4.99. The van der Waals surface area contributed by atoms with Gasteiger partial charge in [0.15, 0.2) is 5.82 Å². The van der Waals surface area contributed by atoms with E-state index in [0.29, 0.717) is 13.0 Å². The lowest BCUT2D eigenvalue weighted by Crippen LogP contribution is -2.33. The Bertz CT molecular complexity index is 547. The molecular weight excluding hydrogens is 297 g/mol. The highest BCUT2D eigenvalue weighted by atomic mass is 32.2. The molecule has 2 N–H and O–H groups in total. The number of nitrogens with zero attached hydrogens (tertiary/aromatic N) is 1. The van der Waals surface area contributed by atoms with E-state index in [1.807, 2.05) is 0 Å². The second-order valence-electron chi connectivity index (χ2n) is 4.86. The van der Waals surface area contributed by atoms with Crippen LogP contribution >= 0.6 is 0 Å². The molecule has 6 nitrogen and oxygen atoms in total. The number of sulfonamides is 1. The van der Waals surface area contributed by atoms with Gasteiger partial charge >= 0.3 is 0 Å². The molecule has 8 heteroatoms. The number of rotatable bonds is 7. The van der Waals surface area contributed by atoms with Gasteiger partial charge in [0.25, 0.3) is 10.0 Å². The zero-order chi connectivity index (χ0) is 15.1. The normalized spacial score (nSPS) is 17.0. The highest BCUT2D eigenvalue weighted by Gasteiger charge is 2.19. The Balaban J connectivity index is 1.71. The molecule has 0 unspecified atom stereocenters. The van der Waals surface area contributed by atoms with Gasteiger partial charge in [0.2, 0.25) is 5.03 Å². The van der Waals surface area contributed by atoms with Crippen molar-refractivity contribution in [3.8, 4) is 0 Å². The maximum atomic E-state index is 13.4. The number of hydrogen-bond donors (Lipinski definition) is 2. The Labute approximate surface area is 124 Å². The summed E-state index contributed by atoms with van der Waals surface area (Å²) in [4.78, 5) is 3.56. The van der Waals surface area contributed by atoms with Crippen molar-refractivity contribution >= 4 is 10.0 Å². The van der Waals surface area contributed by atoms with E-state index in [-0.39, 0.29) is 12.6 Å². The Morgan fingerprint density at radius 1 is 1.43 bits per heavy atom. The fourth-order valence-corrected chi connectivity index (χ4v) is 3.20. The maximum Gasteiger partial charge on any atom is 0.261 e. The fourth-order valence-electron chi connectivity index (χ4n) is 2.13. The first-order chi connectivity index (χ1) is 10.1. The molecule has 1 aliphatic rings. The third-order valence-corrected chi connectivity index (χ3v) is 4.63. The smallest absolute Gasteiger partial charge is 0.261 e. The van der Waals surface area contributed by atoms with Gasteiger partial charge in [-0.3, -0.25) is 0 Å². The van der Waals surface area contributed by atoms with Crippen molar-refractivity contribution < 1.29 is 17.5 Å². The summed E-state index contributed by atoms with van der Waals surface area (Å²) >= 11 is 0. The molecule has 1 aromatic rings. The molecule has 1 fully saturated rings. The molecule has 0 aromatic carbocycles. The van der Waals surface area contributed by atoms with Crippen LogP contribution in [0.1, 0.15) is 19.3 Å². The van der Waals surface area contributed by atoms with Crippen molar-refractivity contribution in [1.29, 1.82) is 0 Å². The average Bonchev–Trinajstić information content (AvgIpc) is 2.48. The van der Waals surface area contributed by atoms with E-state index in [9.17, 15) is 12.8 Å². The van der Waals surface area contributed by atoms with Gasteiger partial charge in [-0.2, -0.15) is 0 Å². The minimum absolute atomic E-state index is 0.198. The molecule has 21 heavy (non-hydrogen) atoms. The zero-order valence-electron chi connectivity index (χ0n) is 11.7. The molecule has 0 bridgehead atoms. The van der Waals surface area contributed by atoms with Crippen molar-refractivity contribution in [2.75, 3.05) is 26.2 Å². The van der Waals surface area contributed by atoms with Crippen LogP contribution in [0.15, 0.2) is 23.4 Å². The number of ether oxygens (including phenoxy) is 1. The number of halogens is 1. The van der Waals surface area contributed by atoms with E-state index in [2.05, 4.69) is 15.0 Å². The predicted octanol–water partition coefficient (Wildman–Crippen LogP) is 0.658. The van der Waals surface area contributed by atoms with Gasteiger partial charge in [0.1, 0.15) is 0 Å². The lowest BCUT2D eigenvalue weighted by molar-refractivity contribution is 0.0322. The van der Waals surface area contributed by atoms with Crippen LogP contribution in [-0.4, -0.2) is 45.7 Å². The Morgan fingerprint density at radius 2 is 2.19 bits per heavy atom. The minimum Gasteiger partial charge on any atom is -0.378 e. The Hall–Kier alpha value is -1.09. The van der Waals surface area contributed by atoms with Gasteiger partial charge in [-0.15, -0.1) is 0 Å². The lowest BCUT2D eigenvalue weighted by atomic mass is 10.1. The average molecular weight is 317 g/mol. The zero-order valence-corrected chi connectivity index (χ0v) is 12.5. The molecule has 0 aliphatic carbocycles. The molecular formula is C13H20FN3O3S. The van der Waals surface area contributed by atoms with E-state index < -0.39 is 20.9 Å².